The van der Waals surface area contributed by atoms with Gasteiger partial charge < -0.3 is 0 Å². The number of aryl methyl sites for hydroxylation is 1. The normalized spacial score (nSPS) is 33.5. The molecule has 1 aromatic rings. The molecule has 0 radical (unpaired) electrons. The Labute approximate surface area is 115 Å². The highest BCUT2D eigenvalue weighted by Gasteiger charge is 2.65. The number of benzene rings is 1. The van der Waals surface area contributed by atoms with Crippen LogP contribution in [0.25, 0.3) is 0 Å². The van der Waals surface area contributed by atoms with E-state index in [1.165, 1.54) is 5.57 Å². The topological polar surface area (TPSA) is 37.1 Å². The SMILES string of the molecule is CC1=CC[C@]2(C)[C@H](C1)N2S(=O)(=O)c1ccc(C)cc1. The Kier molecular flexibility index (Phi) is 2.67. The number of rotatable bonds is 2. The van der Waals surface area contributed by atoms with Gasteiger partial charge in [0.05, 0.1) is 10.4 Å². The fraction of sp³-hybridized carbons (Fsp3) is 0.467. The van der Waals surface area contributed by atoms with E-state index in [2.05, 4.69) is 13.0 Å². The zero-order valence-corrected chi connectivity index (χ0v) is 12.4. The third-order valence-electron chi connectivity index (χ3n) is 4.39. The summed E-state index contributed by atoms with van der Waals surface area (Å²) in [7, 11) is -3.35. The fourth-order valence-corrected chi connectivity index (χ4v) is 5.08. The van der Waals surface area contributed by atoms with Crippen molar-refractivity contribution in [2.24, 2.45) is 0 Å². The third-order valence-corrected chi connectivity index (χ3v) is 6.45. The Morgan fingerprint density at radius 3 is 2.42 bits per heavy atom. The van der Waals surface area contributed by atoms with Gasteiger partial charge >= 0.3 is 0 Å². The number of nitrogens with zero attached hydrogens (tertiary/aromatic N) is 1. The Hall–Kier alpha value is -1.13. The molecule has 4 heteroatoms. The van der Waals surface area contributed by atoms with Crippen molar-refractivity contribution < 1.29 is 8.42 Å². The number of sulfonamides is 1. The molecule has 1 fully saturated rings. The predicted octanol–water partition coefficient (Wildman–Crippen LogP) is 2.87. The van der Waals surface area contributed by atoms with Crippen molar-refractivity contribution in [2.45, 2.75) is 50.1 Å². The van der Waals surface area contributed by atoms with Crippen molar-refractivity contribution in [3.63, 3.8) is 0 Å². The lowest BCUT2D eigenvalue weighted by molar-refractivity contribution is 0.516. The molecule has 3 atom stereocenters. The van der Waals surface area contributed by atoms with Gasteiger partial charge in [0.1, 0.15) is 0 Å². The van der Waals surface area contributed by atoms with E-state index in [0.717, 1.165) is 18.4 Å². The van der Waals surface area contributed by atoms with Gasteiger partial charge in [-0.2, -0.15) is 4.31 Å². The average molecular weight is 277 g/mol. The third kappa shape index (κ3) is 1.85. The van der Waals surface area contributed by atoms with E-state index in [9.17, 15) is 8.42 Å². The lowest BCUT2D eigenvalue weighted by Crippen LogP contribution is -2.20. The van der Waals surface area contributed by atoms with Gasteiger partial charge in [0.25, 0.3) is 0 Å². The fourth-order valence-electron chi connectivity index (χ4n) is 3.03. The van der Waals surface area contributed by atoms with Crippen molar-refractivity contribution in [3.05, 3.63) is 41.5 Å². The predicted molar refractivity (Wildman–Crippen MR) is 75.4 cm³/mol. The van der Waals surface area contributed by atoms with E-state index >= 15 is 0 Å². The van der Waals surface area contributed by atoms with Crippen molar-refractivity contribution in [1.29, 1.82) is 0 Å². The summed E-state index contributed by atoms with van der Waals surface area (Å²) in [6.45, 7) is 6.09. The summed E-state index contributed by atoms with van der Waals surface area (Å²) in [6.07, 6.45) is 3.86. The zero-order valence-electron chi connectivity index (χ0n) is 11.6. The van der Waals surface area contributed by atoms with E-state index in [1.54, 1.807) is 16.4 Å². The molecule has 3 nitrogen and oxygen atoms in total. The molecular weight excluding hydrogens is 258 g/mol. The van der Waals surface area contributed by atoms with Crippen LogP contribution in [0.3, 0.4) is 0 Å². The van der Waals surface area contributed by atoms with Gasteiger partial charge in [-0.1, -0.05) is 29.3 Å². The molecule has 102 valence electrons. The molecule has 0 bridgehead atoms. The molecule has 1 aliphatic carbocycles. The van der Waals surface area contributed by atoms with Crippen LogP contribution in [-0.2, 0) is 10.0 Å². The molecule has 1 aliphatic heterocycles. The molecule has 19 heavy (non-hydrogen) atoms. The maximum Gasteiger partial charge on any atom is 0.243 e. The molecule has 1 aromatic carbocycles. The summed E-state index contributed by atoms with van der Waals surface area (Å²) >= 11 is 0. The van der Waals surface area contributed by atoms with Crippen LogP contribution in [0, 0.1) is 6.92 Å². The lowest BCUT2D eigenvalue weighted by atomic mass is 9.92. The quantitative estimate of drug-likeness (QED) is 0.616. The summed E-state index contributed by atoms with van der Waals surface area (Å²) < 4.78 is 27.1. The van der Waals surface area contributed by atoms with Crippen LogP contribution >= 0.6 is 0 Å². The minimum Gasteiger partial charge on any atom is -0.207 e. The van der Waals surface area contributed by atoms with Crippen molar-refractivity contribution in [3.8, 4) is 0 Å². The summed E-state index contributed by atoms with van der Waals surface area (Å²) in [5.74, 6) is 0. The van der Waals surface area contributed by atoms with E-state index < -0.39 is 10.0 Å². The molecule has 0 aromatic heterocycles. The average Bonchev–Trinajstić information content (AvgIpc) is 2.96. The van der Waals surface area contributed by atoms with Crippen LogP contribution in [0.5, 0.6) is 0 Å². The number of hydrogen-bond acceptors (Lipinski definition) is 2. The van der Waals surface area contributed by atoms with Gasteiger partial charge in [-0.3, -0.25) is 0 Å². The summed E-state index contributed by atoms with van der Waals surface area (Å²) in [6, 6.07) is 7.26. The Balaban J connectivity index is 1.94. The first-order valence-corrected chi connectivity index (χ1v) is 8.06. The second-order valence-electron chi connectivity index (χ2n) is 5.95. The maximum absolute atomic E-state index is 12.7. The Morgan fingerprint density at radius 1 is 1.21 bits per heavy atom. The molecule has 2 aliphatic rings. The van der Waals surface area contributed by atoms with Crippen LogP contribution < -0.4 is 0 Å². The largest absolute Gasteiger partial charge is 0.243 e. The maximum atomic E-state index is 12.7. The summed E-state index contributed by atoms with van der Waals surface area (Å²) in [5.41, 5.74) is 2.17. The van der Waals surface area contributed by atoms with E-state index in [4.69, 9.17) is 0 Å². The first-order chi connectivity index (χ1) is 8.85. The highest BCUT2D eigenvalue weighted by Crippen LogP contribution is 2.53. The Morgan fingerprint density at radius 2 is 1.84 bits per heavy atom. The molecule has 1 heterocycles. The van der Waals surface area contributed by atoms with Crippen LogP contribution in [0.4, 0.5) is 0 Å². The molecule has 0 N–H and O–H groups in total. The van der Waals surface area contributed by atoms with Gasteiger partial charge in [-0.05, 0) is 45.7 Å². The van der Waals surface area contributed by atoms with Crippen molar-refractivity contribution >= 4 is 10.0 Å². The summed E-state index contributed by atoms with van der Waals surface area (Å²) in [5, 5.41) is 0. The van der Waals surface area contributed by atoms with Gasteiger partial charge in [0.15, 0.2) is 0 Å². The molecule has 1 saturated heterocycles. The number of fused-ring (bicyclic) bond motifs is 1. The molecule has 0 spiro atoms. The summed E-state index contributed by atoms with van der Waals surface area (Å²) in [4.78, 5) is 0.409. The van der Waals surface area contributed by atoms with Crippen molar-refractivity contribution in [2.75, 3.05) is 0 Å². The van der Waals surface area contributed by atoms with Gasteiger partial charge in [0.2, 0.25) is 10.0 Å². The standard InChI is InChI=1S/C15H19NO2S/c1-11-4-6-13(7-5-11)19(17,18)16-14-10-12(2)8-9-15(14,16)3/h4-8,14H,9-10H2,1-3H3/t14-,15+,16?/m0/s1. The minimum absolute atomic E-state index is 0.142. The second-order valence-corrected chi connectivity index (χ2v) is 7.76. The monoisotopic (exact) mass is 277 g/mol. The van der Waals surface area contributed by atoms with E-state index in [0.29, 0.717) is 4.90 Å². The lowest BCUT2D eigenvalue weighted by Gasteiger charge is -2.12. The van der Waals surface area contributed by atoms with Crippen LogP contribution in [0.1, 0.15) is 32.3 Å². The molecular formula is C15H19NO2S. The number of hydrogen-bond donors (Lipinski definition) is 0. The van der Waals surface area contributed by atoms with Crippen LogP contribution in [-0.4, -0.2) is 24.3 Å². The second kappa shape index (κ2) is 3.93. The first-order valence-electron chi connectivity index (χ1n) is 6.62. The highest BCUT2D eigenvalue weighted by atomic mass is 32.2. The van der Waals surface area contributed by atoms with Crippen molar-refractivity contribution in [1.82, 2.24) is 4.31 Å². The molecule has 1 unspecified atom stereocenters. The van der Waals surface area contributed by atoms with Crippen LogP contribution in [0.2, 0.25) is 0 Å². The Bertz CT molecular complexity index is 645. The molecule has 3 rings (SSSR count). The van der Waals surface area contributed by atoms with Gasteiger partial charge in [0, 0.05) is 6.04 Å². The van der Waals surface area contributed by atoms with Gasteiger partial charge in [-0.25, -0.2) is 8.42 Å². The smallest absolute Gasteiger partial charge is 0.207 e. The first kappa shape index (κ1) is 12.9. The van der Waals surface area contributed by atoms with Crippen LogP contribution in [0.15, 0.2) is 40.8 Å². The molecule has 0 amide bonds. The minimum atomic E-state index is -3.35. The van der Waals surface area contributed by atoms with E-state index in [1.807, 2.05) is 26.0 Å². The van der Waals surface area contributed by atoms with E-state index in [-0.39, 0.29) is 11.6 Å². The molecule has 0 saturated carbocycles. The van der Waals surface area contributed by atoms with Gasteiger partial charge in [-0.15, -0.1) is 0 Å². The highest BCUT2D eigenvalue weighted by molar-refractivity contribution is 7.89. The zero-order chi connectivity index (χ0) is 13.8.